The molecule has 0 N–H and O–H groups in total. The van der Waals surface area contributed by atoms with Gasteiger partial charge in [0.25, 0.3) is 0 Å². The Labute approximate surface area is 111 Å². The van der Waals surface area contributed by atoms with Gasteiger partial charge in [0.05, 0.1) is 0 Å². The molecular formula is C16H14FNO. The lowest BCUT2D eigenvalue weighted by Gasteiger charge is -2.05. The lowest BCUT2D eigenvalue weighted by Crippen LogP contribution is -1.98. The van der Waals surface area contributed by atoms with E-state index in [1.165, 1.54) is 12.1 Å². The molecule has 1 aromatic heterocycles. The fourth-order valence-corrected chi connectivity index (χ4v) is 2.13. The summed E-state index contributed by atoms with van der Waals surface area (Å²) in [7, 11) is 0. The molecule has 2 aromatic rings. The Morgan fingerprint density at radius 2 is 2.16 bits per heavy atom. The number of oxazole rings is 1. The van der Waals surface area contributed by atoms with Crippen molar-refractivity contribution in [2.24, 2.45) is 5.92 Å². The minimum absolute atomic E-state index is 0.267. The molecular weight excluding hydrogens is 241 g/mol. The first-order valence-corrected chi connectivity index (χ1v) is 6.36. The second-order valence-corrected chi connectivity index (χ2v) is 4.56. The van der Waals surface area contributed by atoms with E-state index < -0.39 is 0 Å². The summed E-state index contributed by atoms with van der Waals surface area (Å²) >= 11 is 0. The molecule has 0 bridgehead atoms. The standard InChI is InChI=1S/C16H14FNO/c17-13-8-9-14-15(11-13)19-16(18-14)10-12-6-4-2-1-3-5-7-12/h1-2,4-9,11-12H,3,10H2/b2-1-,6-4?,7-5?. The number of nitrogens with zero attached hydrogens (tertiary/aromatic N) is 1. The Kier molecular flexibility index (Phi) is 3.27. The topological polar surface area (TPSA) is 26.0 Å². The summed E-state index contributed by atoms with van der Waals surface area (Å²) in [5.41, 5.74) is 1.21. The van der Waals surface area contributed by atoms with Crippen molar-refractivity contribution < 1.29 is 8.81 Å². The molecule has 0 amide bonds. The van der Waals surface area contributed by atoms with Gasteiger partial charge in [-0.1, -0.05) is 36.5 Å². The number of allylic oxidation sites excluding steroid dienone is 6. The molecule has 96 valence electrons. The Hall–Kier alpha value is -2.16. The maximum absolute atomic E-state index is 13.1. The third-order valence-corrected chi connectivity index (χ3v) is 3.07. The van der Waals surface area contributed by atoms with E-state index >= 15 is 0 Å². The van der Waals surface area contributed by atoms with Crippen LogP contribution in [0, 0.1) is 11.7 Å². The molecule has 0 spiro atoms. The van der Waals surface area contributed by atoms with Crippen molar-refractivity contribution in [2.75, 3.05) is 0 Å². The molecule has 3 rings (SSSR count). The number of hydrogen-bond donors (Lipinski definition) is 0. The second kappa shape index (κ2) is 5.22. The van der Waals surface area contributed by atoms with Crippen LogP contribution >= 0.6 is 0 Å². The summed E-state index contributed by atoms with van der Waals surface area (Å²) in [5, 5.41) is 0. The fraction of sp³-hybridized carbons (Fsp3) is 0.188. The van der Waals surface area contributed by atoms with Gasteiger partial charge in [-0.05, 0) is 18.6 Å². The Bertz CT molecular complexity index is 666. The zero-order chi connectivity index (χ0) is 13.1. The Balaban J connectivity index is 1.84. The van der Waals surface area contributed by atoms with Crippen molar-refractivity contribution in [3.63, 3.8) is 0 Å². The van der Waals surface area contributed by atoms with Crippen LogP contribution in [0.25, 0.3) is 11.1 Å². The van der Waals surface area contributed by atoms with Crippen LogP contribution in [0.1, 0.15) is 12.3 Å². The highest BCUT2D eigenvalue weighted by molar-refractivity contribution is 5.72. The number of fused-ring (bicyclic) bond motifs is 1. The molecule has 2 nitrogen and oxygen atoms in total. The van der Waals surface area contributed by atoms with Crippen LogP contribution in [0.3, 0.4) is 0 Å². The van der Waals surface area contributed by atoms with Crippen molar-refractivity contribution in [3.05, 3.63) is 66.4 Å². The van der Waals surface area contributed by atoms with Gasteiger partial charge < -0.3 is 4.42 Å². The van der Waals surface area contributed by atoms with Gasteiger partial charge in [0.15, 0.2) is 11.5 Å². The normalized spacial score (nSPS) is 20.4. The summed E-state index contributed by atoms with van der Waals surface area (Å²) in [5.74, 6) is 0.610. The lowest BCUT2D eigenvalue weighted by molar-refractivity contribution is 0.509. The van der Waals surface area contributed by atoms with Crippen molar-refractivity contribution in [3.8, 4) is 0 Å². The van der Waals surface area contributed by atoms with Crippen molar-refractivity contribution >= 4 is 11.1 Å². The van der Waals surface area contributed by atoms with Crippen LogP contribution in [0.5, 0.6) is 0 Å². The van der Waals surface area contributed by atoms with E-state index in [1.54, 1.807) is 6.07 Å². The number of aromatic nitrogens is 1. The largest absolute Gasteiger partial charge is 0.441 e. The minimum Gasteiger partial charge on any atom is -0.441 e. The monoisotopic (exact) mass is 255 g/mol. The van der Waals surface area contributed by atoms with Gasteiger partial charge in [-0.25, -0.2) is 9.37 Å². The molecule has 3 heteroatoms. The molecule has 1 aliphatic carbocycles. The van der Waals surface area contributed by atoms with E-state index in [0.717, 1.165) is 6.42 Å². The summed E-state index contributed by atoms with van der Waals surface area (Å²) in [6.07, 6.45) is 14.2. The summed E-state index contributed by atoms with van der Waals surface area (Å²) in [6.45, 7) is 0. The number of hydrogen-bond acceptors (Lipinski definition) is 2. The van der Waals surface area contributed by atoms with Gasteiger partial charge >= 0.3 is 0 Å². The van der Waals surface area contributed by atoms with Gasteiger partial charge in [-0.15, -0.1) is 0 Å². The van der Waals surface area contributed by atoms with Crippen LogP contribution < -0.4 is 0 Å². The van der Waals surface area contributed by atoms with Crippen LogP contribution in [0.15, 0.2) is 59.1 Å². The molecule has 19 heavy (non-hydrogen) atoms. The Morgan fingerprint density at radius 1 is 1.21 bits per heavy atom. The van der Waals surface area contributed by atoms with Crippen molar-refractivity contribution in [1.29, 1.82) is 0 Å². The second-order valence-electron chi connectivity index (χ2n) is 4.56. The smallest absolute Gasteiger partial charge is 0.196 e. The third kappa shape index (κ3) is 2.81. The van der Waals surface area contributed by atoms with Gasteiger partial charge in [0.1, 0.15) is 11.3 Å². The molecule has 1 atom stereocenters. The van der Waals surface area contributed by atoms with Crippen LogP contribution in [0.4, 0.5) is 4.39 Å². The summed E-state index contributed by atoms with van der Waals surface area (Å²) in [4.78, 5) is 4.38. The van der Waals surface area contributed by atoms with Crippen molar-refractivity contribution in [1.82, 2.24) is 4.98 Å². The molecule has 0 radical (unpaired) electrons. The highest BCUT2D eigenvalue weighted by atomic mass is 19.1. The predicted octanol–water partition coefficient (Wildman–Crippen LogP) is 4.20. The van der Waals surface area contributed by atoms with Crippen molar-refractivity contribution in [2.45, 2.75) is 12.8 Å². The molecule has 1 heterocycles. The predicted molar refractivity (Wildman–Crippen MR) is 73.2 cm³/mol. The molecule has 0 aliphatic heterocycles. The minimum atomic E-state index is -0.300. The molecule has 1 aliphatic rings. The van der Waals surface area contributed by atoms with Gasteiger partial charge in [-0.2, -0.15) is 0 Å². The van der Waals surface area contributed by atoms with E-state index in [-0.39, 0.29) is 11.7 Å². The zero-order valence-electron chi connectivity index (χ0n) is 10.4. The molecule has 0 saturated carbocycles. The maximum Gasteiger partial charge on any atom is 0.196 e. The molecule has 0 saturated heterocycles. The highest BCUT2D eigenvalue weighted by Crippen LogP contribution is 2.20. The summed E-state index contributed by atoms with van der Waals surface area (Å²) < 4.78 is 18.7. The van der Waals surface area contributed by atoms with E-state index in [9.17, 15) is 4.39 Å². The maximum atomic E-state index is 13.1. The third-order valence-electron chi connectivity index (χ3n) is 3.07. The fourth-order valence-electron chi connectivity index (χ4n) is 2.13. The number of halogens is 1. The van der Waals surface area contributed by atoms with Crippen LogP contribution in [-0.4, -0.2) is 4.98 Å². The summed E-state index contributed by atoms with van der Waals surface area (Å²) in [6, 6.07) is 4.41. The first-order valence-electron chi connectivity index (χ1n) is 6.36. The average Bonchev–Trinajstić information content (AvgIpc) is 2.74. The van der Waals surface area contributed by atoms with E-state index in [0.29, 0.717) is 23.4 Å². The average molecular weight is 255 g/mol. The SMILES string of the molecule is Fc1ccc2nc(CC3C=C/C=C\CC=C3)oc2c1. The van der Waals surface area contributed by atoms with E-state index in [4.69, 9.17) is 4.42 Å². The molecule has 0 fully saturated rings. The van der Waals surface area contributed by atoms with Gasteiger partial charge in [0, 0.05) is 18.4 Å². The van der Waals surface area contributed by atoms with E-state index in [2.05, 4.69) is 29.3 Å². The lowest BCUT2D eigenvalue weighted by atomic mass is 10.0. The highest BCUT2D eigenvalue weighted by Gasteiger charge is 2.10. The number of benzene rings is 1. The van der Waals surface area contributed by atoms with Crippen LogP contribution in [-0.2, 0) is 6.42 Å². The Morgan fingerprint density at radius 3 is 3.11 bits per heavy atom. The first kappa shape index (κ1) is 11.9. The first-order chi connectivity index (χ1) is 9.31. The van der Waals surface area contributed by atoms with Crippen LogP contribution in [0.2, 0.25) is 0 Å². The molecule has 1 unspecified atom stereocenters. The van der Waals surface area contributed by atoms with Gasteiger partial charge in [0.2, 0.25) is 0 Å². The number of rotatable bonds is 2. The molecule has 1 aromatic carbocycles. The quantitative estimate of drug-likeness (QED) is 0.752. The van der Waals surface area contributed by atoms with Gasteiger partial charge in [-0.3, -0.25) is 0 Å². The zero-order valence-corrected chi connectivity index (χ0v) is 10.4. The van der Waals surface area contributed by atoms with E-state index in [1.807, 2.05) is 12.2 Å².